The second-order valence-electron chi connectivity index (χ2n) is 5.77. The average Bonchev–Trinajstić information content (AvgIpc) is 2.95. The van der Waals surface area contributed by atoms with E-state index in [0.717, 1.165) is 25.3 Å². The van der Waals surface area contributed by atoms with Crippen LogP contribution in [-0.4, -0.2) is 12.1 Å². The van der Waals surface area contributed by atoms with Crippen LogP contribution in [0.25, 0.3) is 0 Å². The van der Waals surface area contributed by atoms with Crippen molar-refractivity contribution < 1.29 is 4.74 Å². The number of nitrogens with one attached hydrogen (secondary N) is 1. The van der Waals surface area contributed by atoms with Crippen molar-refractivity contribution in [3.63, 3.8) is 0 Å². The van der Waals surface area contributed by atoms with Crippen LogP contribution >= 0.6 is 15.9 Å². The molecule has 1 aliphatic carbocycles. The number of rotatable bonds is 3. The monoisotopic (exact) mass is 309 g/mol. The van der Waals surface area contributed by atoms with Crippen molar-refractivity contribution in [1.29, 1.82) is 0 Å². The van der Waals surface area contributed by atoms with Crippen molar-refractivity contribution in [1.82, 2.24) is 5.32 Å². The quantitative estimate of drug-likeness (QED) is 0.917. The average molecular weight is 310 g/mol. The van der Waals surface area contributed by atoms with E-state index in [-0.39, 0.29) is 0 Å². The van der Waals surface area contributed by atoms with E-state index in [1.54, 1.807) is 0 Å². The molecular weight excluding hydrogens is 290 g/mol. The lowest BCUT2D eigenvalue weighted by Gasteiger charge is -2.26. The molecule has 1 fully saturated rings. The third-order valence-corrected chi connectivity index (χ3v) is 4.70. The van der Waals surface area contributed by atoms with Gasteiger partial charge in [0.1, 0.15) is 5.75 Å². The molecule has 0 atom stereocenters. The summed E-state index contributed by atoms with van der Waals surface area (Å²) in [4.78, 5) is 0. The molecule has 1 heterocycles. The maximum absolute atomic E-state index is 5.77. The first-order chi connectivity index (χ1) is 8.66. The summed E-state index contributed by atoms with van der Waals surface area (Å²) in [5.74, 6) is 1.12. The van der Waals surface area contributed by atoms with E-state index in [1.165, 1.54) is 41.3 Å². The van der Waals surface area contributed by atoms with Gasteiger partial charge in [0.05, 0.1) is 6.61 Å². The van der Waals surface area contributed by atoms with Gasteiger partial charge in [0, 0.05) is 28.5 Å². The third-order valence-electron chi connectivity index (χ3n) is 4.24. The van der Waals surface area contributed by atoms with Crippen molar-refractivity contribution in [3.05, 3.63) is 27.7 Å². The van der Waals surface area contributed by atoms with Gasteiger partial charge in [0.15, 0.2) is 0 Å². The predicted octanol–water partition coefficient (Wildman–Crippen LogP) is 3.81. The number of hydrogen-bond acceptors (Lipinski definition) is 2. The van der Waals surface area contributed by atoms with E-state index in [1.807, 2.05) is 0 Å². The summed E-state index contributed by atoms with van der Waals surface area (Å²) in [7, 11) is 0. The summed E-state index contributed by atoms with van der Waals surface area (Å²) in [6, 6.07) is 4.37. The van der Waals surface area contributed by atoms with Crippen LogP contribution < -0.4 is 10.1 Å². The fraction of sp³-hybridized carbons (Fsp3) is 0.600. The standard InChI is InChI=1S/C15H20BrNO/c1-15(5-2-3-6-15)17-10-12-9-13(16)8-11-4-7-18-14(11)12/h8-9,17H,2-7,10H2,1H3. The highest BCUT2D eigenvalue weighted by Crippen LogP contribution is 2.34. The van der Waals surface area contributed by atoms with Gasteiger partial charge in [0.2, 0.25) is 0 Å². The zero-order chi connectivity index (χ0) is 12.6. The summed E-state index contributed by atoms with van der Waals surface area (Å²) in [6.07, 6.45) is 6.35. The van der Waals surface area contributed by atoms with Gasteiger partial charge >= 0.3 is 0 Å². The van der Waals surface area contributed by atoms with Crippen LogP contribution in [0.1, 0.15) is 43.7 Å². The highest BCUT2D eigenvalue weighted by molar-refractivity contribution is 9.10. The molecule has 0 unspecified atom stereocenters. The van der Waals surface area contributed by atoms with Gasteiger partial charge in [-0.2, -0.15) is 0 Å². The van der Waals surface area contributed by atoms with Crippen molar-refractivity contribution in [2.45, 2.75) is 51.1 Å². The topological polar surface area (TPSA) is 21.3 Å². The lowest BCUT2D eigenvalue weighted by Crippen LogP contribution is -2.38. The molecule has 0 saturated heterocycles. The first kappa shape index (κ1) is 12.5. The van der Waals surface area contributed by atoms with Crippen LogP contribution in [0.15, 0.2) is 16.6 Å². The van der Waals surface area contributed by atoms with Crippen molar-refractivity contribution in [3.8, 4) is 5.75 Å². The molecule has 1 aliphatic heterocycles. The van der Waals surface area contributed by atoms with E-state index < -0.39 is 0 Å². The lowest BCUT2D eigenvalue weighted by atomic mass is 9.99. The Balaban J connectivity index is 1.76. The lowest BCUT2D eigenvalue weighted by molar-refractivity contribution is 0.339. The Bertz CT molecular complexity index is 452. The number of halogens is 1. The Labute approximate surface area is 117 Å². The van der Waals surface area contributed by atoms with E-state index >= 15 is 0 Å². The second kappa shape index (κ2) is 4.86. The van der Waals surface area contributed by atoms with Gasteiger partial charge in [-0.15, -0.1) is 0 Å². The van der Waals surface area contributed by atoms with Crippen LogP contribution in [0.4, 0.5) is 0 Å². The highest BCUT2D eigenvalue weighted by Gasteiger charge is 2.28. The SMILES string of the molecule is CC1(NCc2cc(Br)cc3c2OCC3)CCCC1. The van der Waals surface area contributed by atoms with Gasteiger partial charge < -0.3 is 10.1 Å². The number of benzene rings is 1. The molecule has 0 bridgehead atoms. The Kier molecular flexibility index (Phi) is 3.37. The number of ether oxygens (including phenoxy) is 1. The molecule has 98 valence electrons. The fourth-order valence-corrected chi connectivity index (χ4v) is 3.67. The molecular formula is C15H20BrNO. The van der Waals surface area contributed by atoms with E-state index in [0.29, 0.717) is 5.54 Å². The first-order valence-electron chi connectivity index (χ1n) is 6.85. The first-order valence-corrected chi connectivity index (χ1v) is 7.65. The van der Waals surface area contributed by atoms with Crippen LogP contribution in [0.5, 0.6) is 5.75 Å². The third kappa shape index (κ3) is 2.43. The van der Waals surface area contributed by atoms with E-state index in [9.17, 15) is 0 Å². The van der Waals surface area contributed by atoms with Crippen molar-refractivity contribution in [2.75, 3.05) is 6.61 Å². The van der Waals surface area contributed by atoms with Crippen LogP contribution in [0.3, 0.4) is 0 Å². The molecule has 0 amide bonds. The largest absolute Gasteiger partial charge is 0.493 e. The Hall–Kier alpha value is -0.540. The Morgan fingerprint density at radius 3 is 2.89 bits per heavy atom. The molecule has 0 radical (unpaired) electrons. The fourth-order valence-electron chi connectivity index (χ4n) is 3.12. The van der Waals surface area contributed by atoms with Crippen LogP contribution in [0, 0.1) is 0 Å². The molecule has 1 saturated carbocycles. The maximum atomic E-state index is 5.77. The molecule has 0 spiro atoms. The molecule has 0 aromatic heterocycles. The molecule has 3 rings (SSSR count). The van der Waals surface area contributed by atoms with Gasteiger partial charge in [-0.1, -0.05) is 28.8 Å². The Morgan fingerprint density at radius 2 is 2.11 bits per heavy atom. The summed E-state index contributed by atoms with van der Waals surface area (Å²) in [6.45, 7) is 4.09. The van der Waals surface area contributed by atoms with Gasteiger partial charge in [-0.3, -0.25) is 0 Å². The number of fused-ring (bicyclic) bond motifs is 1. The summed E-state index contributed by atoms with van der Waals surface area (Å²) in [5, 5.41) is 3.73. The zero-order valence-corrected chi connectivity index (χ0v) is 12.5. The van der Waals surface area contributed by atoms with E-state index in [4.69, 9.17) is 4.74 Å². The van der Waals surface area contributed by atoms with Crippen molar-refractivity contribution in [2.24, 2.45) is 0 Å². The molecule has 1 aromatic rings. The summed E-state index contributed by atoms with van der Waals surface area (Å²) < 4.78 is 6.94. The molecule has 18 heavy (non-hydrogen) atoms. The van der Waals surface area contributed by atoms with Crippen LogP contribution in [0.2, 0.25) is 0 Å². The maximum Gasteiger partial charge on any atom is 0.127 e. The van der Waals surface area contributed by atoms with Crippen LogP contribution in [-0.2, 0) is 13.0 Å². The minimum absolute atomic E-state index is 0.327. The zero-order valence-electron chi connectivity index (χ0n) is 10.9. The summed E-state index contributed by atoms with van der Waals surface area (Å²) >= 11 is 3.60. The van der Waals surface area contributed by atoms with Gasteiger partial charge in [-0.25, -0.2) is 0 Å². The normalized spacial score (nSPS) is 20.8. The molecule has 2 nitrogen and oxygen atoms in total. The van der Waals surface area contributed by atoms with E-state index in [2.05, 4.69) is 40.3 Å². The smallest absolute Gasteiger partial charge is 0.127 e. The van der Waals surface area contributed by atoms with Crippen molar-refractivity contribution >= 4 is 15.9 Å². The second-order valence-corrected chi connectivity index (χ2v) is 6.69. The molecule has 2 aliphatic rings. The summed E-state index contributed by atoms with van der Waals surface area (Å²) in [5.41, 5.74) is 2.97. The highest BCUT2D eigenvalue weighted by atomic mass is 79.9. The molecule has 1 N–H and O–H groups in total. The minimum Gasteiger partial charge on any atom is -0.493 e. The Morgan fingerprint density at radius 1 is 1.33 bits per heavy atom. The molecule has 1 aromatic carbocycles. The molecule has 3 heteroatoms. The minimum atomic E-state index is 0.327. The van der Waals surface area contributed by atoms with Gasteiger partial charge in [0.25, 0.3) is 0 Å². The van der Waals surface area contributed by atoms with Gasteiger partial charge in [-0.05, 0) is 37.5 Å². The predicted molar refractivity (Wildman–Crippen MR) is 77.1 cm³/mol. The number of hydrogen-bond donors (Lipinski definition) is 1.